The van der Waals surface area contributed by atoms with Gasteiger partial charge in [-0.3, -0.25) is 9.59 Å². The molecule has 2 aromatic heterocycles. The monoisotopic (exact) mass is 412 g/mol. The molecule has 156 valence electrons. The van der Waals surface area contributed by atoms with Gasteiger partial charge in [0.2, 0.25) is 0 Å². The average molecular weight is 412 g/mol. The van der Waals surface area contributed by atoms with E-state index in [0.29, 0.717) is 17.9 Å². The molecule has 31 heavy (non-hydrogen) atoms. The Kier molecular flexibility index (Phi) is 3.81. The number of Topliss-reactive ketones (excluding diaryl/α,β-unsaturated/α-hetero) is 1. The molecular weight excluding hydrogens is 388 g/mol. The van der Waals surface area contributed by atoms with Gasteiger partial charge >= 0.3 is 0 Å². The molecule has 6 heteroatoms. The summed E-state index contributed by atoms with van der Waals surface area (Å²) < 4.78 is 0. The Morgan fingerprint density at radius 1 is 0.871 bits per heavy atom. The molecule has 0 fully saturated rings. The fourth-order valence-electron chi connectivity index (χ4n) is 5.28. The zero-order chi connectivity index (χ0) is 21.3. The van der Waals surface area contributed by atoms with Crippen LogP contribution in [-0.2, 0) is 12.8 Å². The smallest absolute Gasteiger partial charge is 0.274 e. The third kappa shape index (κ3) is 2.57. The minimum atomic E-state index is -0.00396. The lowest BCUT2D eigenvalue weighted by atomic mass is 10.1. The number of nitrogens with zero attached hydrogens (tertiary/aromatic N) is 2. The van der Waals surface area contributed by atoms with E-state index in [1.165, 1.54) is 11.3 Å². The zero-order valence-electron chi connectivity index (χ0n) is 17.7. The van der Waals surface area contributed by atoms with Crippen LogP contribution < -0.4 is 9.80 Å². The predicted octanol–water partition coefficient (Wildman–Crippen LogP) is 4.44. The van der Waals surface area contributed by atoms with Crippen molar-refractivity contribution in [3.05, 3.63) is 58.9 Å². The lowest BCUT2D eigenvalue weighted by molar-refractivity contribution is 0.0983. The number of rotatable bonds is 3. The lowest BCUT2D eigenvalue weighted by Crippen LogP contribution is -2.29. The number of likely N-dealkylation sites (N-methyl/N-ethyl adjacent to an activating group) is 1. The number of anilines is 2. The minimum Gasteiger partial charge on any atom is -0.371 e. The predicted molar refractivity (Wildman–Crippen MR) is 124 cm³/mol. The summed E-state index contributed by atoms with van der Waals surface area (Å²) in [6, 6.07) is 12.1. The Morgan fingerprint density at radius 2 is 1.48 bits per heavy atom. The number of ketones is 1. The van der Waals surface area contributed by atoms with Crippen molar-refractivity contribution in [1.82, 2.24) is 9.97 Å². The van der Waals surface area contributed by atoms with Crippen molar-refractivity contribution in [3.8, 4) is 0 Å². The summed E-state index contributed by atoms with van der Waals surface area (Å²) in [7, 11) is 0. The molecule has 0 unspecified atom stereocenters. The fraction of sp³-hybridized carbons (Fsp3) is 0.280. The van der Waals surface area contributed by atoms with Gasteiger partial charge in [0.05, 0.1) is 5.69 Å². The Hall–Kier alpha value is -3.54. The van der Waals surface area contributed by atoms with E-state index < -0.39 is 0 Å². The number of aromatic amines is 2. The topological polar surface area (TPSA) is 72.2 Å². The molecule has 0 aliphatic carbocycles. The summed E-state index contributed by atoms with van der Waals surface area (Å²) >= 11 is 0. The summed E-state index contributed by atoms with van der Waals surface area (Å²) in [6.45, 7) is 6.42. The zero-order valence-corrected chi connectivity index (χ0v) is 17.7. The van der Waals surface area contributed by atoms with Crippen molar-refractivity contribution in [3.63, 3.8) is 0 Å². The first-order valence-corrected chi connectivity index (χ1v) is 10.9. The van der Waals surface area contributed by atoms with Crippen molar-refractivity contribution in [2.75, 3.05) is 29.4 Å². The Labute approximate surface area is 179 Å². The maximum absolute atomic E-state index is 13.5. The molecule has 2 aromatic carbocycles. The third-order valence-electron chi connectivity index (χ3n) is 6.87. The molecule has 0 bridgehead atoms. The highest BCUT2D eigenvalue weighted by Crippen LogP contribution is 2.37. The van der Waals surface area contributed by atoms with Gasteiger partial charge in [0.25, 0.3) is 5.91 Å². The number of fused-ring (bicyclic) bond motifs is 6. The molecule has 1 amide bonds. The van der Waals surface area contributed by atoms with Crippen molar-refractivity contribution >= 4 is 44.9 Å². The van der Waals surface area contributed by atoms with Crippen molar-refractivity contribution in [2.45, 2.75) is 26.7 Å². The van der Waals surface area contributed by atoms with Gasteiger partial charge < -0.3 is 19.8 Å². The first-order chi connectivity index (χ1) is 15.0. The van der Waals surface area contributed by atoms with Gasteiger partial charge in [-0.1, -0.05) is 0 Å². The summed E-state index contributed by atoms with van der Waals surface area (Å²) in [4.78, 5) is 36.0. The van der Waals surface area contributed by atoms with Gasteiger partial charge in [-0.2, -0.15) is 0 Å². The highest BCUT2D eigenvalue weighted by molar-refractivity contribution is 6.11. The second kappa shape index (κ2) is 6.48. The maximum atomic E-state index is 13.5. The quantitative estimate of drug-likeness (QED) is 0.489. The van der Waals surface area contributed by atoms with E-state index in [-0.39, 0.29) is 11.7 Å². The van der Waals surface area contributed by atoms with E-state index in [1.807, 2.05) is 29.2 Å². The minimum absolute atomic E-state index is 0.00396. The molecular formula is C25H24N4O2. The molecule has 4 heterocycles. The van der Waals surface area contributed by atoms with Crippen molar-refractivity contribution in [2.24, 2.45) is 0 Å². The molecule has 2 aliphatic heterocycles. The van der Waals surface area contributed by atoms with E-state index in [2.05, 4.69) is 33.9 Å². The number of aromatic nitrogens is 2. The van der Waals surface area contributed by atoms with Gasteiger partial charge in [-0.15, -0.1) is 0 Å². The largest absolute Gasteiger partial charge is 0.371 e. The second-order valence-electron chi connectivity index (χ2n) is 8.51. The Balaban J connectivity index is 1.39. The molecule has 0 saturated carbocycles. The van der Waals surface area contributed by atoms with Crippen LogP contribution in [-0.4, -0.2) is 41.3 Å². The number of carbonyl (C=O) groups excluding carboxylic acids is 2. The van der Waals surface area contributed by atoms with Gasteiger partial charge in [-0.05, 0) is 67.3 Å². The van der Waals surface area contributed by atoms with Crippen LogP contribution in [0.3, 0.4) is 0 Å². The highest BCUT2D eigenvalue weighted by atomic mass is 16.2. The number of carbonyl (C=O) groups is 2. The number of hydrogen-bond acceptors (Lipinski definition) is 3. The second-order valence-corrected chi connectivity index (χ2v) is 8.51. The van der Waals surface area contributed by atoms with Crippen LogP contribution >= 0.6 is 0 Å². The number of nitrogens with one attached hydrogen (secondary N) is 2. The molecule has 4 aromatic rings. The third-order valence-corrected chi connectivity index (χ3v) is 6.87. The van der Waals surface area contributed by atoms with E-state index in [1.54, 1.807) is 6.92 Å². The number of benzene rings is 2. The summed E-state index contributed by atoms with van der Waals surface area (Å²) in [6.07, 6.45) is 1.80. The summed E-state index contributed by atoms with van der Waals surface area (Å²) in [5.41, 5.74) is 7.89. The molecule has 2 N–H and O–H groups in total. The molecule has 0 saturated heterocycles. The Bertz CT molecular complexity index is 1390. The van der Waals surface area contributed by atoms with Crippen molar-refractivity contribution in [1.29, 1.82) is 0 Å². The molecule has 6 rings (SSSR count). The average Bonchev–Trinajstić information content (AvgIpc) is 3.54. The van der Waals surface area contributed by atoms with Gasteiger partial charge in [-0.25, -0.2) is 0 Å². The number of hydrogen-bond donors (Lipinski definition) is 2. The highest BCUT2D eigenvalue weighted by Gasteiger charge is 2.29. The molecule has 2 aliphatic rings. The molecule has 0 atom stereocenters. The number of H-pyrrole nitrogens is 2. The first-order valence-electron chi connectivity index (χ1n) is 10.9. The van der Waals surface area contributed by atoms with Crippen LogP contribution in [0.25, 0.3) is 21.8 Å². The fourth-order valence-corrected chi connectivity index (χ4v) is 5.28. The van der Waals surface area contributed by atoms with Gasteiger partial charge in [0.15, 0.2) is 5.78 Å². The van der Waals surface area contributed by atoms with Crippen LogP contribution in [0.15, 0.2) is 36.4 Å². The molecule has 6 nitrogen and oxygen atoms in total. The summed E-state index contributed by atoms with van der Waals surface area (Å²) in [5, 5.41) is 2.19. The molecule has 0 spiro atoms. The van der Waals surface area contributed by atoms with Gasteiger partial charge in [0.1, 0.15) is 5.69 Å². The summed E-state index contributed by atoms with van der Waals surface area (Å²) in [5.74, 6) is 0.0128. The van der Waals surface area contributed by atoms with E-state index in [4.69, 9.17) is 0 Å². The van der Waals surface area contributed by atoms with Crippen LogP contribution in [0, 0.1) is 0 Å². The van der Waals surface area contributed by atoms with Crippen LogP contribution in [0.5, 0.6) is 0 Å². The maximum Gasteiger partial charge on any atom is 0.274 e. The van der Waals surface area contributed by atoms with E-state index in [0.717, 1.165) is 59.0 Å². The number of amides is 1. The van der Waals surface area contributed by atoms with Crippen LogP contribution in [0.2, 0.25) is 0 Å². The van der Waals surface area contributed by atoms with E-state index in [9.17, 15) is 9.59 Å². The van der Waals surface area contributed by atoms with Gasteiger partial charge in [0, 0.05) is 59.7 Å². The lowest BCUT2D eigenvalue weighted by Gasteiger charge is -2.16. The van der Waals surface area contributed by atoms with Crippen LogP contribution in [0.4, 0.5) is 11.4 Å². The standard InChI is InChI=1S/C25H24N4O2/c1-3-28-10-8-15-18-13-22(27-20(18)4-6-23(15)28)25(31)29-11-9-16-17-12-21(14(2)30)26-19(17)5-7-24(16)29/h4-7,12-13,26-27H,3,8-11H2,1-2H3. The normalized spacial score (nSPS) is 15.2. The van der Waals surface area contributed by atoms with Crippen molar-refractivity contribution < 1.29 is 9.59 Å². The van der Waals surface area contributed by atoms with E-state index >= 15 is 0 Å². The molecule has 0 radical (unpaired) electrons. The Morgan fingerprint density at radius 3 is 2.19 bits per heavy atom. The van der Waals surface area contributed by atoms with Crippen LogP contribution in [0.1, 0.15) is 46.0 Å². The SMILES string of the molecule is CCN1CCc2c1ccc1[nH]c(C(=O)N3CCc4c3ccc3[nH]c(C(C)=O)cc43)cc21. The first kappa shape index (κ1) is 18.2.